The smallest absolute Gasteiger partial charge is 0.246 e. The lowest BCUT2D eigenvalue weighted by Crippen LogP contribution is -2.39. The minimum atomic E-state index is -0.202. The van der Waals surface area contributed by atoms with Gasteiger partial charge in [-0.2, -0.15) is 11.8 Å². The van der Waals surface area contributed by atoms with Gasteiger partial charge >= 0.3 is 0 Å². The fourth-order valence-corrected chi connectivity index (χ4v) is 2.48. The summed E-state index contributed by atoms with van der Waals surface area (Å²) < 4.78 is 0. The van der Waals surface area contributed by atoms with Crippen LogP contribution in [0.2, 0.25) is 10.0 Å². The molecule has 0 aromatic heterocycles. The molecular weight excluding hydrogens is 279 g/mol. The molecule has 2 rings (SSSR count). The maximum Gasteiger partial charge on any atom is 0.246 e. The zero-order valence-electron chi connectivity index (χ0n) is 9.22. The molecule has 0 spiro atoms. The highest BCUT2D eigenvalue weighted by atomic mass is 35.5. The van der Waals surface area contributed by atoms with Crippen LogP contribution in [-0.2, 0) is 4.79 Å². The molecular formula is C11H12Cl2N2OS. The first-order valence-corrected chi connectivity index (χ1v) is 7.32. The van der Waals surface area contributed by atoms with E-state index in [0.717, 1.165) is 17.9 Å². The maximum absolute atomic E-state index is 11.8. The highest BCUT2D eigenvalue weighted by Crippen LogP contribution is 2.35. The van der Waals surface area contributed by atoms with Crippen molar-refractivity contribution in [2.24, 2.45) is 0 Å². The van der Waals surface area contributed by atoms with Crippen molar-refractivity contribution in [1.29, 1.82) is 0 Å². The molecule has 1 amide bonds. The molecule has 2 N–H and O–H groups in total. The number of carbonyl (C=O) groups is 1. The third kappa shape index (κ3) is 2.81. The van der Waals surface area contributed by atoms with Crippen LogP contribution in [0.3, 0.4) is 0 Å². The first-order chi connectivity index (χ1) is 8.11. The van der Waals surface area contributed by atoms with Crippen molar-refractivity contribution in [3.05, 3.63) is 22.2 Å². The number of nitrogens with one attached hydrogen (secondary N) is 2. The van der Waals surface area contributed by atoms with E-state index in [0.29, 0.717) is 15.7 Å². The Hall–Kier alpha value is -0.580. The molecule has 1 aliphatic heterocycles. The molecule has 1 heterocycles. The van der Waals surface area contributed by atoms with Crippen LogP contribution in [0.5, 0.6) is 0 Å². The Kier molecular flexibility index (Phi) is 4.07. The molecule has 0 aliphatic carbocycles. The minimum Gasteiger partial charge on any atom is -0.372 e. The number of benzene rings is 1. The Bertz CT molecular complexity index is 453. The van der Waals surface area contributed by atoms with Gasteiger partial charge in [0.2, 0.25) is 5.91 Å². The number of thioether (sulfide) groups is 1. The summed E-state index contributed by atoms with van der Waals surface area (Å²) >= 11 is 13.6. The zero-order chi connectivity index (χ0) is 12.4. The third-order valence-corrected chi connectivity index (χ3v) is 3.94. The number of fused-ring (bicyclic) bond motifs is 1. The van der Waals surface area contributed by atoms with Gasteiger partial charge in [0.15, 0.2) is 0 Å². The molecule has 1 unspecified atom stereocenters. The average molecular weight is 291 g/mol. The molecule has 17 heavy (non-hydrogen) atoms. The summed E-state index contributed by atoms with van der Waals surface area (Å²) in [6.45, 7) is 0. The quantitative estimate of drug-likeness (QED) is 0.896. The van der Waals surface area contributed by atoms with Crippen LogP contribution in [0.1, 0.15) is 6.42 Å². The van der Waals surface area contributed by atoms with E-state index in [2.05, 4.69) is 10.6 Å². The van der Waals surface area contributed by atoms with E-state index in [1.165, 1.54) is 0 Å². The van der Waals surface area contributed by atoms with Crippen LogP contribution in [0.15, 0.2) is 12.1 Å². The zero-order valence-corrected chi connectivity index (χ0v) is 11.5. The summed E-state index contributed by atoms with van der Waals surface area (Å²) in [6, 6.07) is 3.20. The lowest BCUT2D eigenvalue weighted by molar-refractivity contribution is -0.117. The molecule has 6 heteroatoms. The SMILES string of the molecule is CSCCC1Nc2cc(Cl)c(Cl)cc2NC1=O. The number of carbonyl (C=O) groups excluding carboxylic acids is 1. The predicted octanol–water partition coefficient (Wildman–Crippen LogP) is 3.48. The van der Waals surface area contributed by atoms with E-state index in [1.54, 1.807) is 23.9 Å². The van der Waals surface area contributed by atoms with Crippen molar-refractivity contribution in [2.45, 2.75) is 12.5 Å². The molecule has 1 aromatic carbocycles. The number of amides is 1. The fourth-order valence-electron chi connectivity index (χ4n) is 1.68. The normalized spacial score (nSPS) is 18.3. The predicted molar refractivity (Wildman–Crippen MR) is 75.5 cm³/mol. The van der Waals surface area contributed by atoms with Gasteiger partial charge in [0.05, 0.1) is 21.4 Å². The molecule has 1 aromatic rings. The number of halogens is 2. The number of hydrogen-bond donors (Lipinski definition) is 2. The van der Waals surface area contributed by atoms with E-state index in [9.17, 15) is 4.79 Å². The molecule has 92 valence electrons. The first-order valence-electron chi connectivity index (χ1n) is 5.17. The summed E-state index contributed by atoms with van der Waals surface area (Å²) in [5.41, 5.74) is 1.51. The summed E-state index contributed by atoms with van der Waals surface area (Å²) in [7, 11) is 0. The van der Waals surface area contributed by atoms with Crippen LogP contribution < -0.4 is 10.6 Å². The number of rotatable bonds is 3. The van der Waals surface area contributed by atoms with Gasteiger partial charge in [-0.15, -0.1) is 0 Å². The highest BCUT2D eigenvalue weighted by Gasteiger charge is 2.25. The van der Waals surface area contributed by atoms with Gasteiger partial charge in [0.25, 0.3) is 0 Å². The van der Waals surface area contributed by atoms with E-state index >= 15 is 0 Å². The Labute approximate surface area is 114 Å². The Balaban J connectivity index is 2.22. The summed E-state index contributed by atoms with van der Waals surface area (Å²) in [5, 5.41) is 6.94. The molecule has 0 bridgehead atoms. The lowest BCUT2D eigenvalue weighted by Gasteiger charge is -2.27. The molecule has 1 atom stereocenters. The van der Waals surface area contributed by atoms with Crippen LogP contribution in [0, 0.1) is 0 Å². The second kappa shape index (κ2) is 5.38. The van der Waals surface area contributed by atoms with Crippen molar-refractivity contribution in [2.75, 3.05) is 22.6 Å². The number of hydrogen-bond acceptors (Lipinski definition) is 3. The molecule has 0 fully saturated rings. The Morgan fingerprint density at radius 2 is 1.94 bits per heavy atom. The lowest BCUT2D eigenvalue weighted by atomic mass is 10.1. The second-order valence-electron chi connectivity index (χ2n) is 3.78. The van der Waals surface area contributed by atoms with E-state index in [4.69, 9.17) is 23.2 Å². The van der Waals surface area contributed by atoms with Gasteiger partial charge in [0, 0.05) is 0 Å². The average Bonchev–Trinajstić information content (AvgIpc) is 2.29. The molecule has 0 saturated carbocycles. The van der Waals surface area contributed by atoms with Crippen LogP contribution in [0.25, 0.3) is 0 Å². The Morgan fingerprint density at radius 1 is 1.29 bits per heavy atom. The number of anilines is 2. The minimum absolute atomic E-state index is 0.0232. The third-order valence-electron chi connectivity index (χ3n) is 2.58. The van der Waals surface area contributed by atoms with E-state index in [-0.39, 0.29) is 11.9 Å². The highest BCUT2D eigenvalue weighted by molar-refractivity contribution is 7.98. The fraction of sp³-hybridized carbons (Fsp3) is 0.364. The standard InChI is InChI=1S/C11H12Cl2N2OS/c1-17-3-2-8-11(16)15-10-5-7(13)6(12)4-9(10)14-8/h4-5,8,14H,2-3H2,1H3,(H,15,16). The Morgan fingerprint density at radius 3 is 2.59 bits per heavy atom. The topological polar surface area (TPSA) is 41.1 Å². The van der Waals surface area contributed by atoms with E-state index < -0.39 is 0 Å². The van der Waals surface area contributed by atoms with Crippen LogP contribution in [0.4, 0.5) is 11.4 Å². The molecule has 1 aliphatic rings. The van der Waals surface area contributed by atoms with Gasteiger partial charge in [-0.05, 0) is 30.6 Å². The van der Waals surface area contributed by atoms with Crippen LogP contribution in [-0.4, -0.2) is 24.0 Å². The van der Waals surface area contributed by atoms with Gasteiger partial charge in [-0.3, -0.25) is 4.79 Å². The monoisotopic (exact) mass is 290 g/mol. The van der Waals surface area contributed by atoms with Crippen LogP contribution >= 0.6 is 35.0 Å². The van der Waals surface area contributed by atoms with Gasteiger partial charge in [0.1, 0.15) is 6.04 Å². The summed E-state index contributed by atoms with van der Waals surface area (Å²) in [5.74, 6) is 0.909. The first kappa shape index (κ1) is 12.9. The maximum atomic E-state index is 11.8. The van der Waals surface area contributed by atoms with Crippen molar-refractivity contribution in [3.63, 3.8) is 0 Å². The van der Waals surface area contributed by atoms with Gasteiger partial charge in [-0.25, -0.2) is 0 Å². The van der Waals surface area contributed by atoms with E-state index in [1.807, 2.05) is 6.26 Å². The molecule has 0 saturated heterocycles. The molecule has 3 nitrogen and oxygen atoms in total. The van der Waals surface area contributed by atoms with Crippen molar-refractivity contribution in [1.82, 2.24) is 0 Å². The van der Waals surface area contributed by atoms with Gasteiger partial charge in [-0.1, -0.05) is 23.2 Å². The second-order valence-corrected chi connectivity index (χ2v) is 5.58. The largest absolute Gasteiger partial charge is 0.372 e. The summed E-state index contributed by atoms with van der Waals surface area (Å²) in [6.07, 6.45) is 2.80. The molecule has 0 radical (unpaired) electrons. The van der Waals surface area contributed by atoms with Gasteiger partial charge < -0.3 is 10.6 Å². The summed E-state index contributed by atoms with van der Waals surface area (Å²) in [4.78, 5) is 11.8. The van der Waals surface area contributed by atoms with Crippen molar-refractivity contribution >= 4 is 52.2 Å². The van der Waals surface area contributed by atoms with Crippen molar-refractivity contribution in [3.8, 4) is 0 Å². The van der Waals surface area contributed by atoms with Crippen molar-refractivity contribution < 1.29 is 4.79 Å².